The molecule has 7 nitrogen and oxygen atoms in total. The summed E-state index contributed by atoms with van der Waals surface area (Å²) in [5, 5.41) is 8.31. The van der Waals surface area contributed by atoms with Crippen molar-refractivity contribution in [2.45, 2.75) is 5.25 Å². The van der Waals surface area contributed by atoms with Crippen LogP contribution in [0.1, 0.15) is 16.7 Å². The second kappa shape index (κ2) is 6.73. The Kier molecular flexibility index (Phi) is 4.39. The predicted octanol–water partition coefficient (Wildman–Crippen LogP) is 3.92. The monoisotopic (exact) mass is 401 g/mol. The number of benzene rings is 2. The summed E-state index contributed by atoms with van der Waals surface area (Å²) in [6.45, 7) is 0. The topological polar surface area (TPSA) is 106 Å². The molecule has 0 radical (unpaired) electrons. The summed E-state index contributed by atoms with van der Waals surface area (Å²) < 4.78 is 39.2. The first-order chi connectivity index (χ1) is 12.9. The number of aromatic nitrogens is 3. The molecule has 4 aromatic rings. The molecule has 0 aliphatic heterocycles. The van der Waals surface area contributed by atoms with E-state index in [1.165, 1.54) is 18.3 Å². The average molecular weight is 402 g/mol. The van der Waals surface area contributed by atoms with Crippen molar-refractivity contribution in [3.8, 4) is 11.5 Å². The molecule has 2 aromatic heterocycles. The van der Waals surface area contributed by atoms with Gasteiger partial charge in [-0.2, -0.15) is 8.42 Å². The Morgan fingerprint density at radius 1 is 1.00 bits per heavy atom. The van der Waals surface area contributed by atoms with Gasteiger partial charge in [-0.15, -0.1) is 10.2 Å². The summed E-state index contributed by atoms with van der Waals surface area (Å²) in [4.78, 5) is 3.84. The highest BCUT2D eigenvalue weighted by Crippen LogP contribution is 2.33. The van der Waals surface area contributed by atoms with E-state index >= 15 is 0 Å². The van der Waals surface area contributed by atoms with E-state index in [4.69, 9.17) is 16.0 Å². The highest BCUT2D eigenvalue weighted by molar-refractivity contribution is 7.86. The number of fused-ring (bicyclic) bond motifs is 1. The molecule has 1 atom stereocenters. The average Bonchev–Trinajstić information content (AvgIpc) is 3.11. The fourth-order valence-electron chi connectivity index (χ4n) is 2.85. The van der Waals surface area contributed by atoms with Crippen LogP contribution < -0.4 is 0 Å². The van der Waals surface area contributed by atoms with E-state index < -0.39 is 15.4 Å². The molecule has 0 saturated carbocycles. The zero-order valence-corrected chi connectivity index (χ0v) is 15.2. The summed E-state index contributed by atoms with van der Waals surface area (Å²) in [6.07, 6.45) is 1.24. The molecule has 27 heavy (non-hydrogen) atoms. The maximum atomic E-state index is 11.9. The van der Waals surface area contributed by atoms with Gasteiger partial charge >= 0.3 is 0 Å². The zero-order chi connectivity index (χ0) is 19.0. The Balaban J connectivity index is 1.83. The van der Waals surface area contributed by atoms with Crippen LogP contribution in [0.4, 0.5) is 0 Å². The molecule has 4 rings (SSSR count). The molecule has 0 fully saturated rings. The first-order valence-electron chi connectivity index (χ1n) is 7.83. The first kappa shape index (κ1) is 17.6. The largest absolute Gasteiger partial charge is 0.419 e. The SMILES string of the molecule is O=S(=O)(O)C(c1ccc(Cl)nc1)c1nnc(-c2cccc3ccccc23)o1. The Bertz CT molecular complexity index is 1220. The molecule has 2 aromatic carbocycles. The normalized spacial score (nSPS) is 13.0. The summed E-state index contributed by atoms with van der Waals surface area (Å²) in [5.74, 6) is -0.109. The minimum Gasteiger partial charge on any atom is -0.419 e. The van der Waals surface area contributed by atoms with E-state index in [0.29, 0.717) is 5.56 Å². The number of nitrogens with zero attached hydrogens (tertiary/aromatic N) is 3. The van der Waals surface area contributed by atoms with Crippen molar-refractivity contribution in [2.75, 3.05) is 0 Å². The van der Waals surface area contributed by atoms with Gasteiger partial charge in [0, 0.05) is 17.3 Å². The predicted molar refractivity (Wildman–Crippen MR) is 99.9 cm³/mol. The third-order valence-electron chi connectivity index (χ3n) is 4.04. The summed E-state index contributed by atoms with van der Waals surface area (Å²) in [5.41, 5.74) is 0.824. The van der Waals surface area contributed by atoms with Crippen LogP contribution in [-0.4, -0.2) is 28.2 Å². The van der Waals surface area contributed by atoms with Crippen LogP contribution in [0.25, 0.3) is 22.2 Å². The van der Waals surface area contributed by atoms with Crippen molar-refractivity contribution in [2.24, 2.45) is 0 Å². The van der Waals surface area contributed by atoms with Crippen LogP contribution in [0.2, 0.25) is 5.15 Å². The van der Waals surface area contributed by atoms with Gasteiger partial charge in [-0.25, -0.2) is 4.98 Å². The zero-order valence-electron chi connectivity index (χ0n) is 13.7. The van der Waals surface area contributed by atoms with Crippen LogP contribution in [0.15, 0.2) is 65.2 Å². The minimum absolute atomic E-state index is 0.150. The van der Waals surface area contributed by atoms with Crippen LogP contribution in [0.5, 0.6) is 0 Å². The quantitative estimate of drug-likeness (QED) is 0.408. The van der Waals surface area contributed by atoms with Crippen molar-refractivity contribution in [1.82, 2.24) is 15.2 Å². The molecule has 136 valence electrons. The maximum Gasteiger partial charge on any atom is 0.281 e. The third kappa shape index (κ3) is 3.42. The highest BCUT2D eigenvalue weighted by Gasteiger charge is 2.33. The molecule has 0 bridgehead atoms. The molecule has 0 saturated heterocycles. The fraction of sp³-hybridized carbons (Fsp3) is 0.0556. The number of hydrogen-bond acceptors (Lipinski definition) is 6. The van der Waals surface area contributed by atoms with Crippen molar-refractivity contribution < 1.29 is 17.4 Å². The van der Waals surface area contributed by atoms with E-state index in [0.717, 1.165) is 10.8 Å². The van der Waals surface area contributed by atoms with Crippen molar-refractivity contribution in [3.63, 3.8) is 0 Å². The van der Waals surface area contributed by atoms with Gasteiger partial charge in [0.2, 0.25) is 11.8 Å². The smallest absolute Gasteiger partial charge is 0.281 e. The van der Waals surface area contributed by atoms with E-state index in [1.54, 1.807) is 6.07 Å². The van der Waals surface area contributed by atoms with Gasteiger partial charge < -0.3 is 4.42 Å². The Hall–Kier alpha value is -2.81. The molecular formula is C18H12ClN3O4S. The Morgan fingerprint density at radius 2 is 1.78 bits per heavy atom. The van der Waals surface area contributed by atoms with Gasteiger partial charge in [-0.3, -0.25) is 4.55 Å². The molecule has 0 aliphatic rings. The Labute approximate surface area is 159 Å². The molecule has 9 heteroatoms. The molecule has 2 heterocycles. The van der Waals surface area contributed by atoms with Crippen LogP contribution in [0, 0.1) is 0 Å². The fourth-order valence-corrected chi connectivity index (χ4v) is 3.79. The lowest BCUT2D eigenvalue weighted by Crippen LogP contribution is -2.14. The lowest BCUT2D eigenvalue weighted by Gasteiger charge is -2.09. The molecule has 1 N–H and O–H groups in total. The van der Waals surface area contributed by atoms with Crippen molar-refractivity contribution >= 4 is 32.5 Å². The van der Waals surface area contributed by atoms with Gasteiger partial charge in [0.05, 0.1) is 0 Å². The third-order valence-corrected chi connectivity index (χ3v) is 5.33. The molecule has 0 amide bonds. The van der Waals surface area contributed by atoms with Crippen LogP contribution in [0.3, 0.4) is 0 Å². The minimum atomic E-state index is -4.57. The van der Waals surface area contributed by atoms with E-state index in [9.17, 15) is 13.0 Å². The Morgan fingerprint density at radius 3 is 2.52 bits per heavy atom. The van der Waals surface area contributed by atoms with Gasteiger partial charge in [0.25, 0.3) is 10.1 Å². The van der Waals surface area contributed by atoms with Crippen molar-refractivity contribution in [3.05, 3.63) is 77.4 Å². The van der Waals surface area contributed by atoms with Gasteiger partial charge in [0.1, 0.15) is 5.15 Å². The van der Waals surface area contributed by atoms with Gasteiger partial charge in [-0.1, -0.05) is 54.1 Å². The molecule has 0 aliphatic carbocycles. The number of pyridine rings is 1. The van der Waals surface area contributed by atoms with Gasteiger partial charge in [0.15, 0.2) is 5.25 Å². The number of rotatable bonds is 4. The highest BCUT2D eigenvalue weighted by atomic mass is 35.5. The molecule has 1 unspecified atom stereocenters. The maximum absolute atomic E-state index is 11.9. The number of hydrogen-bond donors (Lipinski definition) is 1. The van der Waals surface area contributed by atoms with Crippen molar-refractivity contribution in [1.29, 1.82) is 0 Å². The lowest BCUT2D eigenvalue weighted by molar-refractivity contribution is 0.451. The second-order valence-corrected chi connectivity index (χ2v) is 7.67. The standard InChI is InChI=1S/C18H12ClN3O4S/c19-15-9-8-12(10-20-15)16(27(23,24)25)18-22-21-17(26-18)14-7-3-5-11-4-1-2-6-13(11)14/h1-10,16H,(H,23,24,25). The van der Waals surface area contributed by atoms with E-state index in [2.05, 4.69) is 15.2 Å². The lowest BCUT2D eigenvalue weighted by atomic mass is 10.0. The summed E-state index contributed by atoms with van der Waals surface area (Å²) >= 11 is 5.74. The molecule has 0 spiro atoms. The second-order valence-electron chi connectivity index (χ2n) is 5.78. The first-order valence-corrected chi connectivity index (χ1v) is 9.71. The molecular weight excluding hydrogens is 390 g/mol. The summed E-state index contributed by atoms with van der Waals surface area (Å²) in [6, 6.07) is 16.0. The van der Waals surface area contributed by atoms with E-state index in [-0.39, 0.29) is 22.5 Å². The van der Waals surface area contributed by atoms with Crippen LogP contribution in [-0.2, 0) is 10.1 Å². The van der Waals surface area contributed by atoms with Crippen LogP contribution >= 0.6 is 11.6 Å². The van der Waals surface area contributed by atoms with E-state index in [1.807, 2.05) is 36.4 Å². The van der Waals surface area contributed by atoms with Gasteiger partial charge in [-0.05, 0) is 22.9 Å². The summed E-state index contributed by atoms with van der Waals surface area (Å²) in [7, 11) is -4.57. The number of halogens is 1.